The lowest BCUT2D eigenvalue weighted by molar-refractivity contribution is -0.141. The summed E-state index contributed by atoms with van der Waals surface area (Å²) in [6.45, 7) is 1.10. The van der Waals surface area contributed by atoms with E-state index in [0.717, 1.165) is 50.1 Å². The average Bonchev–Trinajstić information content (AvgIpc) is 3.21. The highest BCUT2D eigenvalue weighted by Gasteiger charge is 2.44. The smallest absolute Gasteiger partial charge is 0.381 e. The molecule has 1 spiro atoms. The van der Waals surface area contributed by atoms with Crippen LogP contribution in [0.5, 0.6) is 0 Å². The number of nitrogens with two attached hydrogens (primary N) is 3. The molecule has 1 aliphatic carbocycles. The number of nitrogens with zero attached hydrogens (tertiary/aromatic N) is 4. The van der Waals surface area contributed by atoms with Gasteiger partial charge in [-0.3, -0.25) is 9.78 Å². The van der Waals surface area contributed by atoms with Crippen molar-refractivity contribution in [3.8, 4) is 0 Å². The number of nitrogen functional groups attached to an aromatic ring is 1. The molecule has 2 aromatic heterocycles. The number of carbonyl (C=O) groups is 1. The van der Waals surface area contributed by atoms with Gasteiger partial charge in [-0.15, -0.1) is 0 Å². The SMILES string of the molecule is NC(=O)c1nc(Sc2ccnc(C(F)(F)F)c2Cl)c(N)nc1N1CCC2(CCCC2)[C@@H](N)C1. The molecule has 2 fully saturated rings. The summed E-state index contributed by atoms with van der Waals surface area (Å²) >= 11 is 6.67. The van der Waals surface area contributed by atoms with E-state index in [2.05, 4.69) is 15.0 Å². The number of piperidine rings is 1. The standard InChI is InChI=1S/C20H23ClF3N7OS/c21-12-10(3-7-28-14(12)20(22,23)24)33-18-15(26)30-17(13(29-18)16(27)32)31-8-6-19(11(25)9-31)4-1-2-5-19/h3,7,11H,1-2,4-6,8-9,25H2,(H2,26,30)(H2,27,32)/t11-/m0/s1. The quantitative estimate of drug-likeness (QED) is 0.579. The number of hydrogen-bond acceptors (Lipinski definition) is 8. The molecule has 2 aromatic rings. The highest BCUT2D eigenvalue weighted by Crippen LogP contribution is 2.46. The molecule has 8 nitrogen and oxygen atoms in total. The van der Waals surface area contributed by atoms with Crippen molar-refractivity contribution in [3.05, 3.63) is 28.7 Å². The molecule has 4 rings (SSSR count). The Bertz CT molecular complexity index is 1080. The summed E-state index contributed by atoms with van der Waals surface area (Å²) < 4.78 is 39.4. The summed E-state index contributed by atoms with van der Waals surface area (Å²) in [6, 6.07) is 1.20. The van der Waals surface area contributed by atoms with Gasteiger partial charge < -0.3 is 22.1 Å². The van der Waals surface area contributed by atoms with Crippen molar-refractivity contribution < 1.29 is 18.0 Å². The highest BCUT2D eigenvalue weighted by molar-refractivity contribution is 7.99. The molecule has 178 valence electrons. The number of aromatic nitrogens is 3. The number of alkyl halides is 3. The molecule has 3 heterocycles. The summed E-state index contributed by atoms with van der Waals surface area (Å²) in [5.41, 5.74) is 16.9. The van der Waals surface area contributed by atoms with E-state index in [1.165, 1.54) is 6.07 Å². The van der Waals surface area contributed by atoms with E-state index in [-0.39, 0.29) is 38.7 Å². The molecule has 33 heavy (non-hydrogen) atoms. The fourth-order valence-electron chi connectivity index (χ4n) is 4.65. The van der Waals surface area contributed by atoms with E-state index in [4.69, 9.17) is 28.8 Å². The van der Waals surface area contributed by atoms with Crippen LogP contribution >= 0.6 is 23.4 Å². The minimum atomic E-state index is -4.73. The second kappa shape index (κ2) is 8.80. The van der Waals surface area contributed by atoms with Crippen molar-refractivity contribution in [2.75, 3.05) is 23.7 Å². The zero-order valence-corrected chi connectivity index (χ0v) is 19.1. The van der Waals surface area contributed by atoms with Crippen molar-refractivity contribution in [1.82, 2.24) is 15.0 Å². The molecule has 13 heteroatoms. The summed E-state index contributed by atoms with van der Waals surface area (Å²) in [5, 5.41) is -0.577. The van der Waals surface area contributed by atoms with Gasteiger partial charge in [0.25, 0.3) is 5.91 Å². The van der Waals surface area contributed by atoms with Crippen LogP contribution in [0.25, 0.3) is 0 Å². The maximum absolute atomic E-state index is 13.1. The molecule has 2 aliphatic rings. The second-order valence-corrected chi connectivity index (χ2v) is 9.80. The Kier molecular flexibility index (Phi) is 6.36. The zero-order chi connectivity index (χ0) is 24.0. The van der Waals surface area contributed by atoms with Gasteiger partial charge in [-0.2, -0.15) is 13.2 Å². The van der Waals surface area contributed by atoms with Crippen molar-refractivity contribution in [1.29, 1.82) is 0 Å². The number of primary amides is 1. The van der Waals surface area contributed by atoms with Gasteiger partial charge in [0.15, 0.2) is 23.0 Å². The fourth-order valence-corrected chi connectivity index (χ4v) is 5.79. The monoisotopic (exact) mass is 501 g/mol. The largest absolute Gasteiger partial charge is 0.434 e. The third-order valence-corrected chi connectivity index (χ3v) is 7.96. The number of halogens is 4. The third kappa shape index (κ3) is 4.56. The number of pyridine rings is 1. The predicted molar refractivity (Wildman–Crippen MR) is 119 cm³/mol. The second-order valence-electron chi connectivity index (χ2n) is 8.39. The molecular weight excluding hydrogens is 479 g/mol. The molecule has 1 saturated heterocycles. The molecule has 0 aromatic carbocycles. The third-order valence-electron chi connectivity index (χ3n) is 6.42. The molecule has 6 N–H and O–H groups in total. The van der Waals surface area contributed by atoms with E-state index in [1.54, 1.807) is 0 Å². The normalized spacial score (nSPS) is 20.4. The average molecular weight is 502 g/mol. The van der Waals surface area contributed by atoms with Crippen LogP contribution in [0, 0.1) is 5.41 Å². The first-order valence-electron chi connectivity index (χ1n) is 10.4. The summed E-state index contributed by atoms with van der Waals surface area (Å²) in [7, 11) is 0. The number of hydrogen-bond donors (Lipinski definition) is 3. The van der Waals surface area contributed by atoms with Crippen LogP contribution in [0.1, 0.15) is 48.3 Å². The molecule has 1 aliphatic heterocycles. The highest BCUT2D eigenvalue weighted by atomic mass is 35.5. The van der Waals surface area contributed by atoms with Crippen molar-refractivity contribution in [2.45, 2.75) is 54.2 Å². The Hall–Kier alpha value is -2.31. The van der Waals surface area contributed by atoms with Crippen molar-refractivity contribution in [3.63, 3.8) is 0 Å². The summed E-state index contributed by atoms with van der Waals surface area (Å²) in [5.74, 6) is -0.661. The Morgan fingerprint density at radius 3 is 2.55 bits per heavy atom. The molecule has 1 amide bonds. The van der Waals surface area contributed by atoms with E-state index < -0.39 is 22.8 Å². The van der Waals surface area contributed by atoms with Gasteiger partial charge in [0.1, 0.15) is 5.03 Å². The molecule has 0 bridgehead atoms. The molecule has 0 radical (unpaired) electrons. The molecule has 0 unspecified atom stereocenters. The minimum Gasteiger partial charge on any atom is -0.381 e. The summed E-state index contributed by atoms with van der Waals surface area (Å²) in [4.78, 5) is 26.0. The van der Waals surface area contributed by atoms with Gasteiger partial charge >= 0.3 is 6.18 Å². The first-order chi connectivity index (χ1) is 15.5. The van der Waals surface area contributed by atoms with Crippen LogP contribution in [-0.2, 0) is 6.18 Å². The van der Waals surface area contributed by atoms with Crippen LogP contribution in [0.15, 0.2) is 22.2 Å². The topological polar surface area (TPSA) is 137 Å². The van der Waals surface area contributed by atoms with Crippen LogP contribution in [0.4, 0.5) is 24.8 Å². The zero-order valence-electron chi connectivity index (χ0n) is 17.5. The fraction of sp³-hybridized carbons (Fsp3) is 0.500. The van der Waals surface area contributed by atoms with E-state index in [9.17, 15) is 18.0 Å². The van der Waals surface area contributed by atoms with Crippen molar-refractivity contribution in [2.24, 2.45) is 16.9 Å². The maximum atomic E-state index is 13.1. The van der Waals surface area contributed by atoms with Crippen LogP contribution in [0.3, 0.4) is 0 Å². The molecular formula is C20H23ClF3N7OS. The molecule has 1 atom stereocenters. The number of carbonyl (C=O) groups excluding carboxylic acids is 1. The number of rotatable bonds is 4. The van der Waals surface area contributed by atoms with Crippen LogP contribution in [-0.4, -0.2) is 40.0 Å². The Balaban J connectivity index is 1.65. The Labute approximate surface area is 197 Å². The van der Waals surface area contributed by atoms with Crippen LogP contribution < -0.4 is 22.1 Å². The van der Waals surface area contributed by atoms with Gasteiger partial charge in [-0.05, 0) is 30.7 Å². The first-order valence-corrected chi connectivity index (χ1v) is 11.6. The van der Waals surface area contributed by atoms with Gasteiger partial charge in [0.05, 0.1) is 5.02 Å². The van der Waals surface area contributed by atoms with Gasteiger partial charge in [-0.1, -0.05) is 36.2 Å². The molecule has 1 saturated carbocycles. The van der Waals surface area contributed by atoms with E-state index >= 15 is 0 Å². The lowest BCUT2D eigenvalue weighted by Crippen LogP contribution is -2.55. The number of anilines is 2. The van der Waals surface area contributed by atoms with Crippen molar-refractivity contribution >= 4 is 40.9 Å². The van der Waals surface area contributed by atoms with E-state index in [1.807, 2.05) is 4.90 Å². The number of amides is 1. The Morgan fingerprint density at radius 1 is 1.24 bits per heavy atom. The first kappa shape index (κ1) is 23.8. The minimum absolute atomic E-state index is 0.0161. The Morgan fingerprint density at radius 2 is 1.94 bits per heavy atom. The summed E-state index contributed by atoms with van der Waals surface area (Å²) in [6.07, 6.45) is 1.60. The van der Waals surface area contributed by atoms with Gasteiger partial charge in [0, 0.05) is 30.2 Å². The van der Waals surface area contributed by atoms with Crippen LogP contribution in [0.2, 0.25) is 5.02 Å². The van der Waals surface area contributed by atoms with Gasteiger partial charge in [0.2, 0.25) is 0 Å². The maximum Gasteiger partial charge on any atom is 0.434 e. The lowest BCUT2D eigenvalue weighted by atomic mass is 9.73. The predicted octanol–water partition coefficient (Wildman–Crippen LogP) is 3.47. The lowest BCUT2D eigenvalue weighted by Gasteiger charge is -2.45. The van der Waals surface area contributed by atoms with Gasteiger partial charge in [-0.25, -0.2) is 9.97 Å². The van der Waals surface area contributed by atoms with E-state index in [0.29, 0.717) is 13.1 Å².